The van der Waals surface area contributed by atoms with Crippen molar-refractivity contribution in [2.45, 2.75) is 38.6 Å². The molecular formula is C19H21ClN4O2. The molecule has 0 spiro atoms. The molecule has 0 N–H and O–H groups in total. The number of hydrogen-bond acceptors (Lipinski definition) is 4. The number of halogens is 1. The van der Waals surface area contributed by atoms with Crippen molar-refractivity contribution in [1.29, 1.82) is 0 Å². The molecule has 1 aliphatic heterocycles. The van der Waals surface area contributed by atoms with Gasteiger partial charge in [0.2, 0.25) is 0 Å². The zero-order valence-electron chi connectivity index (χ0n) is 14.9. The third-order valence-electron chi connectivity index (χ3n) is 4.88. The Kier molecular flexibility index (Phi) is 4.44. The van der Waals surface area contributed by atoms with Crippen LogP contribution in [0.3, 0.4) is 0 Å². The number of fused-ring (bicyclic) bond motifs is 1. The molecule has 1 aromatic carbocycles. The molecule has 2 aromatic heterocycles. The van der Waals surface area contributed by atoms with Crippen LogP contribution in [0.1, 0.15) is 55.0 Å². The number of nitrogens with zero attached hydrogens (tertiary/aromatic N) is 4. The molecule has 0 saturated carbocycles. The smallest absolute Gasteiger partial charge is 0.272 e. The molecule has 26 heavy (non-hydrogen) atoms. The third kappa shape index (κ3) is 3.09. The van der Waals surface area contributed by atoms with Crippen LogP contribution >= 0.6 is 11.6 Å². The maximum absolute atomic E-state index is 12.8. The van der Waals surface area contributed by atoms with Gasteiger partial charge in [-0.3, -0.25) is 9.48 Å². The highest BCUT2D eigenvalue weighted by molar-refractivity contribution is 6.31. The number of benzene rings is 1. The Balaban J connectivity index is 1.46. The van der Waals surface area contributed by atoms with Gasteiger partial charge >= 0.3 is 0 Å². The molecule has 1 saturated heterocycles. The van der Waals surface area contributed by atoms with E-state index in [9.17, 15) is 4.79 Å². The van der Waals surface area contributed by atoms with Crippen LogP contribution in [0, 0.1) is 0 Å². The fourth-order valence-electron chi connectivity index (χ4n) is 3.48. The van der Waals surface area contributed by atoms with Crippen molar-refractivity contribution >= 4 is 28.6 Å². The Hall–Kier alpha value is -2.34. The summed E-state index contributed by atoms with van der Waals surface area (Å²) in [6, 6.07) is 7.42. The molecular weight excluding hydrogens is 352 g/mol. The van der Waals surface area contributed by atoms with Crippen molar-refractivity contribution in [3.05, 3.63) is 47.1 Å². The molecule has 0 radical (unpaired) electrons. The Labute approximate surface area is 156 Å². The predicted octanol–water partition coefficient (Wildman–Crippen LogP) is 4.28. The summed E-state index contributed by atoms with van der Waals surface area (Å²) in [5.41, 5.74) is 2.19. The molecule has 3 aromatic rings. The Morgan fingerprint density at radius 1 is 1.27 bits per heavy atom. The molecule has 1 aliphatic rings. The first-order chi connectivity index (χ1) is 12.5. The van der Waals surface area contributed by atoms with Gasteiger partial charge in [0.05, 0.1) is 0 Å². The van der Waals surface area contributed by atoms with Crippen LogP contribution in [0.4, 0.5) is 0 Å². The number of likely N-dealkylation sites (tertiary alicyclic amines) is 1. The highest BCUT2D eigenvalue weighted by atomic mass is 35.5. The minimum absolute atomic E-state index is 0.0407. The molecule has 0 aliphatic carbocycles. The van der Waals surface area contributed by atoms with Crippen molar-refractivity contribution in [3.63, 3.8) is 0 Å². The van der Waals surface area contributed by atoms with Crippen LogP contribution in [0.15, 0.2) is 34.9 Å². The Morgan fingerprint density at radius 3 is 2.77 bits per heavy atom. The van der Waals surface area contributed by atoms with Crippen LogP contribution in [0.25, 0.3) is 11.1 Å². The predicted molar refractivity (Wildman–Crippen MR) is 99.5 cm³/mol. The number of aromatic nitrogens is 3. The zero-order valence-corrected chi connectivity index (χ0v) is 15.6. The lowest BCUT2D eigenvalue weighted by Crippen LogP contribution is -2.39. The average molecular weight is 373 g/mol. The first kappa shape index (κ1) is 17.1. The number of carbonyl (C=O) groups is 1. The second-order valence-corrected chi connectivity index (χ2v) is 7.42. The first-order valence-corrected chi connectivity index (χ1v) is 9.29. The van der Waals surface area contributed by atoms with E-state index in [-0.39, 0.29) is 17.9 Å². The van der Waals surface area contributed by atoms with Gasteiger partial charge in [-0.05, 0) is 51.0 Å². The quantitative estimate of drug-likeness (QED) is 0.688. The van der Waals surface area contributed by atoms with Crippen LogP contribution < -0.4 is 0 Å². The van der Waals surface area contributed by atoms with Crippen molar-refractivity contribution in [1.82, 2.24) is 19.7 Å². The van der Waals surface area contributed by atoms with Gasteiger partial charge in [0.1, 0.15) is 11.2 Å². The third-order valence-corrected chi connectivity index (χ3v) is 5.11. The Bertz CT molecular complexity index is 938. The summed E-state index contributed by atoms with van der Waals surface area (Å²) in [5.74, 6) is 1.00. The van der Waals surface area contributed by atoms with Gasteiger partial charge in [-0.2, -0.15) is 5.10 Å². The van der Waals surface area contributed by atoms with E-state index in [4.69, 9.17) is 16.0 Å². The Morgan fingerprint density at radius 2 is 2.04 bits per heavy atom. The number of rotatable bonds is 3. The number of piperidine rings is 1. The van der Waals surface area contributed by atoms with E-state index >= 15 is 0 Å². The number of oxazole rings is 1. The largest absolute Gasteiger partial charge is 0.440 e. The molecule has 7 heteroatoms. The number of amides is 1. The highest BCUT2D eigenvalue weighted by Gasteiger charge is 2.29. The van der Waals surface area contributed by atoms with E-state index < -0.39 is 0 Å². The van der Waals surface area contributed by atoms with Crippen molar-refractivity contribution in [2.75, 3.05) is 13.1 Å². The van der Waals surface area contributed by atoms with E-state index in [1.165, 1.54) is 0 Å². The van der Waals surface area contributed by atoms with E-state index in [1.54, 1.807) is 23.0 Å². The van der Waals surface area contributed by atoms with E-state index in [2.05, 4.69) is 10.1 Å². The van der Waals surface area contributed by atoms with E-state index in [0.29, 0.717) is 23.8 Å². The molecule has 0 unspecified atom stereocenters. The second-order valence-electron chi connectivity index (χ2n) is 6.99. The van der Waals surface area contributed by atoms with Crippen molar-refractivity contribution in [2.24, 2.45) is 0 Å². The maximum atomic E-state index is 12.8. The normalized spacial score (nSPS) is 15.9. The summed E-state index contributed by atoms with van der Waals surface area (Å²) >= 11 is 6.02. The molecule has 1 fully saturated rings. The summed E-state index contributed by atoms with van der Waals surface area (Å²) in [6.45, 7) is 5.42. The van der Waals surface area contributed by atoms with Gasteiger partial charge in [-0.1, -0.05) is 11.6 Å². The van der Waals surface area contributed by atoms with Crippen molar-refractivity contribution < 1.29 is 9.21 Å². The van der Waals surface area contributed by atoms with Gasteiger partial charge < -0.3 is 9.32 Å². The van der Waals surface area contributed by atoms with Gasteiger partial charge in [0.25, 0.3) is 5.91 Å². The number of hydrogen-bond donors (Lipinski definition) is 0. The molecule has 6 nitrogen and oxygen atoms in total. The van der Waals surface area contributed by atoms with E-state index in [1.807, 2.05) is 30.9 Å². The van der Waals surface area contributed by atoms with Gasteiger partial charge in [-0.15, -0.1) is 0 Å². The molecule has 136 valence electrons. The molecule has 3 heterocycles. The fourth-order valence-corrected chi connectivity index (χ4v) is 3.65. The van der Waals surface area contributed by atoms with Crippen LogP contribution in [-0.2, 0) is 0 Å². The van der Waals surface area contributed by atoms with Crippen molar-refractivity contribution in [3.8, 4) is 0 Å². The fraction of sp³-hybridized carbons (Fsp3) is 0.421. The summed E-state index contributed by atoms with van der Waals surface area (Å²) < 4.78 is 7.67. The average Bonchev–Trinajstić information content (AvgIpc) is 3.28. The van der Waals surface area contributed by atoms with Crippen LogP contribution in [0.5, 0.6) is 0 Å². The molecule has 1 amide bonds. The first-order valence-electron chi connectivity index (χ1n) is 8.91. The summed E-state index contributed by atoms with van der Waals surface area (Å²) in [4.78, 5) is 19.3. The topological polar surface area (TPSA) is 64.2 Å². The number of carbonyl (C=O) groups excluding carboxylic acids is 1. The lowest BCUT2D eigenvalue weighted by atomic mass is 9.96. The maximum Gasteiger partial charge on any atom is 0.272 e. The van der Waals surface area contributed by atoms with Gasteiger partial charge in [0.15, 0.2) is 11.5 Å². The molecule has 0 bridgehead atoms. The lowest BCUT2D eigenvalue weighted by molar-refractivity contribution is 0.0692. The second kappa shape index (κ2) is 6.76. The van der Waals surface area contributed by atoms with E-state index in [0.717, 1.165) is 29.8 Å². The standard InChI is InChI=1S/C19H21ClN4O2/c1-12(2)24-16(5-8-21-24)19(25)23-9-6-13(7-10-23)18-22-15-11-14(20)3-4-17(15)26-18/h3-5,8,11-13H,6-7,9-10H2,1-2H3. The minimum atomic E-state index is 0.0407. The van der Waals surface area contributed by atoms with Crippen LogP contribution in [0.2, 0.25) is 5.02 Å². The lowest BCUT2D eigenvalue weighted by Gasteiger charge is -2.30. The van der Waals surface area contributed by atoms with Crippen LogP contribution in [-0.4, -0.2) is 38.7 Å². The summed E-state index contributed by atoms with van der Waals surface area (Å²) in [6.07, 6.45) is 3.35. The van der Waals surface area contributed by atoms with Gasteiger partial charge in [-0.25, -0.2) is 4.98 Å². The van der Waals surface area contributed by atoms with Gasteiger partial charge in [0, 0.05) is 36.3 Å². The summed E-state index contributed by atoms with van der Waals surface area (Å²) in [7, 11) is 0. The minimum Gasteiger partial charge on any atom is -0.440 e. The monoisotopic (exact) mass is 372 g/mol. The summed E-state index contributed by atoms with van der Waals surface area (Å²) in [5, 5.41) is 4.91. The SMILES string of the molecule is CC(C)n1nccc1C(=O)N1CCC(c2nc3cc(Cl)ccc3o2)CC1. The molecule has 0 atom stereocenters. The highest BCUT2D eigenvalue weighted by Crippen LogP contribution is 2.31. The molecule has 4 rings (SSSR count). The zero-order chi connectivity index (χ0) is 18.3.